The molecule has 0 N–H and O–H groups in total. The third-order valence-corrected chi connectivity index (χ3v) is 12.2. The van der Waals surface area contributed by atoms with Crippen molar-refractivity contribution in [2.45, 2.75) is 0 Å². The van der Waals surface area contributed by atoms with Crippen LogP contribution in [0.5, 0.6) is 0 Å². The van der Waals surface area contributed by atoms with Crippen LogP contribution < -0.4 is 4.90 Å². The van der Waals surface area contributed by atoms with Gasteiger partial charge in [-0.2, -0.15) is 10.5 Å². The SMILES string of the molecule is [C-]#[N+]c1ccc(-n2c3ccccc3c3cc(N(c4ccc(-c5ccc(-c6ccccc6)cc5)cc4)c4ccc5c(c4)c4ccccc4n5-c4ccc(C#N)cc4[N+]#[C-])ccc32)c(C#N)c1. The normalized spacial score (nSPS) is 11.0. The molecule has 65 heavy (non-hydrogen) atoms. The van der Waals surface area contributed by atoms with E-state index in [9.17, 15) is 10.5 Å². The first-order chi connectivity index (χ1) is 32.0. The predicted molar refractivity (Wildman–Crippen MR) is 263 cm³/mol. The van der Waals surface area contributed by atoms with Gasteiger partial charge in [-0.1, -0.05) is 109 Å². The molecule has 0 fully saturated rings. The minimum absolute atomic E-state index is 0.406. The van der Waals surface area contributed by atoms with Gasteiger partial charge in [-0.05, 0) is 113 Å². The fourth-order valence-corrected chi connectivity index (χ4v) is 9.20. The standard InChI is InChI=1S/C58H33N7/c1-61-44-23-29-53(43(33-44)37-60)64-54-14-8-6-12-48(54)50-34-46(26-30-56(50)64)63(45-24-21-42(22-25-45)41-19-17-40(18-20-41)39-10-4-3-5-11-39)47-27-31-57-51(35-47)49-13-7-9-15-55(49)65(57)58-28-16-38(36-59)32-52(58)62-2/h3-35H. The summed E-state index contributed by atoms with van der Waals surface area (Å²) >= 11 is 0. The minimum Gasteiger partial charge on any atom is -0.319 e. The van der Waals surface area contributed by atoms with Crippen molar-refractivity contribution in [1.82, 2.24) is 9.13 Å². The van der Waals surface area contributed by atoms with Crippen LogP contribution in [0.1, 0.15) is 11.1 Å². The summed E-state index contributed by atoms with van der Waals surface area (Å²) in [5.74, 6) is 0. The number of benzene rings is 9. The number of nitriles is 2. The first kappa shape index (κ1) is 38.3. The van der Waals surface area contributed by atoms with Crippen molar-refractivity contribution in [2.24, 2.45) is 0 Å². The van der Waals surface area contributed by atoms with Gasteiger partial charge in [0.1, 0.15) is 0 Å². The summed E-state index contributed by atoms with van der Waals surface area (Å²) in [7, 11) is 0. The van der Waals surface area contributed by atoms with E-state index in [-0.39, 0.29) is 0 Å². The van der Waals surface area contributed by atoms with Gasteiger partial charge in [0.05, 0.1) is 64.3 Å². The highest BCUT2D eigenvalue weighted by Gasteiger charge is 2.22. The first-order valence-corrected chi connectivity index (χ1v) is 21.0. The third kappa shape index (κ3) is 6.41. The number of nitrogens with zero attached hydrogens (tertiary/aromatic N) is 7. The van der Waals surface area contributed by atoms with Gasteiger partial charge in [-0.15, -0.1) is 0 Å². The predicted octanol–water partition coefficient (Wildman–Crippen LogP) is 15.5. The van der Waals surface area contributed by atoms with Crippen LogP contribution in [0.3, 0.4) is 0 Å². The van der Waals surface area contributed by atoms with E-state index in [4.69, 9.17) is 13.1 Å². The summed E-state index contributed by atoms with van der Waals surface area (Å²) in [6, 6.07) is 72.2. The largest absolute Gasteiger partial charge is 0.319 e. The summed E-state index contributed by atoms with van der Waals surface area (Å²) < 4.78 is 4.23. The zero-order chi connectivity index (χ0) is 44.0. The van der Waals surface area contributed by atoms with Crippen molar-refractivity contribution >= 4 is 72.0 Å². The molecule has 11 aromatic rings. The molecule has 0 unspecified atom stereocenters. The Morgan fingerprint density at radius 2 is 0.892 bits per heavy atom. The topological polar surface area (TPSA) is 69.4 Å². The molecule has 0 saturated carbocycles. The maximum Gasteiger partial charge on any atom is 0.211 e. The van der Waals surface area contributed by atoms with Crippen LogP contribution in [-0.4, -0.2) is 9.13 Å². The van der Waals surface area contributed by atoms with Gasteiger partial charge in [-0.3, -0.25) is 0 Å². The molecule has 0 spiro atoms. The molecule has 2 aromatic heterocycles. The van der Waals surface area contributed by atoms with Crippen LogP contribution in [0.25, 0.3) is 86.9 Å². The fraction of sp³-hybridized carbons (Fsp3) is 0. The summed E-state index contributed by atoms with van der Waals surface area (Å²) in [6.45, 7) is 15.6. The van der Waals surface area contributed by atoms with Crippen molar-refractivity contribution in [3.05, 3.63) is 234 Å². The van der Waals surface area contributed by atoms with Crippen LogP contribution in [0.15, 0.2) is 200 Å². The second-order valence-electron chi connectivity index (χ2n) is 15.8. The highest BCUT2D eigenvalue weighted by Crippen LogP contribution is 2.44. The molecule has 0 amide bonds. The Morgan fingerprint density at radius 1 is 0.400 bits per heavy atom. The van der Waals surface area contributed by atoms with Crippen LogP contribution >= 0.6 is 0 Å². The first-order valence-electron chi connectivity index (χ1n) is 21.0. The highest BCUT2D eigenvalue weighted by molar-refractivity contribution is 6.13. The van der Waals surface area contributed by atoms with Crippen LogP contribution in [0.4, 0.5) is 28.4 Å². The Kier molecular flexibility index (Phi) is 9.23. The lowest BCUT2D eigenvalue weighted by Crippen LogP contribution is -2.10. The quantitative estimate of drug-likeness (QED) is 0.150. The minimum atomic E-state index is 0.406. The van der Waals surface area contributed by atoms with Gasteiger partial charge in [0, 0.05) is 44.2 Å². The maximum atomic E-state index is 10.3. The third-order valence-electron chi connectivity index (χ3n) is 12.2. The number of para-hydroxylation sites is 2. The van der Waals surface area contributed by atoms with Crippen LogP contribution in [0, 0.1) is 35.8 Å². The van der Waals surface area contributed by atoms with E-state index >= 15 is 0 Å². The van der Waals surface area contributed by atoms with Crippen molar-refractivity contribution in [3.8, 4) is 45.8 Å². The summed E-state index contributed by atoms with van der Waals surface area (Å²) in [5.41, 5.74) is 14.3. The Morgan fingerprint density at radius 3 is 1.45 bits per heavy atom. The highest BCUT2D eigenvalue weighted by atomic mass is 15.1. The van der Waals surface area contributed by atoms with Gasteiger partial charge in [0.2, 0.25) is 5.69 Å². The smallest absolute Gasteiger partial charge is 0.211 e. The van der Waals surface area contributed by atoms with Gasteiger partial charge >= 0.3 is 0 Å². The van der Waals surface area contributed by atoms with E-state index in [1.54, 1.807) is 24.3 Å². The van der Waals surface area contributed by atoms with Crippen molar-refractivity contribution in [3.63, 3.8) is 0 Å². The number of fused-ring (bicyclic) bond motifs is 6. The average Bonchev–Trinajstić information content (AvgIpc) is 3.88. The number of aromatic nitrogens is 2. The Balaban J connectivity index is 1.10. The van der Waals surface area contributed by atoms with Crippen molar-refractivity contribution in [1.29, 1.82) is 10.5 Å². The van der Waals surface area contributed by atoms with Crippen LogP contribution in [0.2, 0.25) is 0 Å². The van der Waals surface area contributed by atoms with Gasteiger partial charge in [0.15, 0.2) is 5.69 Å². The molecule has 0 aliphatic carbocycles. The molecule has 7 heteroatoms. The fourth-order valence-electron chi connectivity index (χ4n) is 9.20. The number of rotatable bonds is 7. The number of hydrogen-bond donors (Lipinski definition) is 0. The Labute approximate surface area is 375 Å². The van der Waals surface area contributed by atoms with Crippen LogP contribution in [-0.2, 0) is 0 Å². The second kappa shape index (κ2) is 15.7. The van der Waals surface area contributed by atoms with E-state index in [2.05, 4.69) is 169 Å². The van der Waals surface area contributed by atoms with E-state index in [0.29, 0.717) is 33.9 Å². The van der Waals surface area contributed by atoms with Crippen molar-refractivity contribution in [2.75, 3.05) is 4.90 Å². The van der Waals surface area contributed by atoms with Gasteiger partial charge in [0.25, 0.3) is 0 Å². The lowest BCUT2D eigenvalue weighted by atomic mass is 10.00. The van der Waals surface area contributed by atoms with E-state index in [1.165, 1.54) is 11.1 Å². The van der Waals surface area contributed by atoms with E-state index in [1.807, 2.05) is 42.5 Å². The lowest BCUT2D eigenvalue weighted by Gasteiger charge is -2.26. The van der Waals surface area contributed by atoms with E-state index in [0.717, 1.165) is 71.8 Å². The molecule has 0 radical (unpaired) electrons. The lowest BCUT2D eigenvalue weighted by molar-refractivity contribution is 1.17. The molecule has 0 aliphatic rings. The summed E-state index contributed by atoms with van der Waals surface area (Å²) in [5, 5.41) is 24.0. The van der Waals surface area contributed by atoms with Gasteiger partial charge in [-0.25, -0.2) is 9.69 Å². The molecular weight excluding hydrogens is 795 g/mol. The Hall–Kier alpha value is -9.66. The van der Waals surface area contributed by atoms with E-state index < -0.39 is 0 Å². The molecule has 11 rings (SSSR count). The van der Waals surface area contributed by atoms with Crippen molar-refractivity contribution < 1.29 is 0 Å². The average molecular weight is 828 g/mol. The molecule has 9 aromatic carbocycles. The summed E-state index contributed by atoms with van der Waals surface area (Å²) in [6.07, 6.45) is 0. The van der Waals surface area contributed by atoms with Gasteiger partial charge < -0.3 is 14.0 Å². The molecular formula is C58H33N7. The number of hydrogen-bond acceptors (Lipinski definition) is 3. The molecule has 2 heterocycles. The Bertz CT molecular complexity index is 3670. The molecule has 0 atom stereocenters. The zero-order valence-electron chi connectivity index (χ0n) is 34.7. The number of anilines is 3. The second-order valence-corrected chi connectivity index (χ2v) is 15.8. The monoisotopic (exact) mass is 827 g/mol. The molecule has 0 saturated heterocycles. The molecule has 0 bridgehead atoms. The summed E-state index contributed by atoms with van der Waals surface area (Å²) in [4.78, 5) is 9.70. The molecule has 0 aliphatic heterocycles. The zero-order valence-corrected chi connectivity index (χ0v) is 34.7. The molecule has 7 nitrogen and oxygen atoms in total. The molecule has 300 valence electrons. The maximum absolute atomic E-state index is 10.3.